The summed E-state index contributed by atoms with van der Waals surface area (Å²) in [6.45, 7) is -0.574. The second-order valence-electron chi connectivity index (χ2n) is 8.27. The van der Waals surface area contributed by atoms with Crippen molar-refractivity contribution < 1.29 is 42.9 Å². The van der Waals surface area contributed by atoms with E-state index in [0.29, 0.717) is 11.2 Å². The Balaban J connectivity index is 1.53. The Kier molecular flexibility index (Phi) is 7.66. The maximum absolute atomic E-state index is 12.4. The van der Waals surface area contributed by atoms with Crippen LogP contribution < -0.4 is 5.32 Å². The lowest BCUT2D eigenvalue weighted by Crippen LogP contribution is -2.34. The first-order chi connectivity index (χ1) is 16.0. The first-order valence-corrected chi connectivity index (χ1v) is 14.4. The number of fused-ring (bicyclic) bond motifs is 1. The lowest BCUT2D eigenvalue weighted by molar-refractivity contribution is -0.0552. The zero-order chi connectivity index (χ0) is 24.7. The van der Waals surface area contributed by atoms with Gasteiger partial charge in [0.1, 0.15) is 23.5 Å². The van der Waals surface area contributed by atoms with Gasteiger partial charge in [-0.1, -0.05) is 29.7 Å². The van der Waals surface area contributed by atoms with Gasteiger partial charge in [-0.3, -0.25) is 9.13 Å². The van der Waals surface area contributed by atoms with Gasteiger partial charge in [0.05, 0.1) is 12.3 Å². The van der Waals surface area contributed by atoms with Crippen LogP contribution in [0.4, 0.5) is 5.69 Å². The normalized spacial score (nSPS) is 27.9. The highest BCUT2D eigenvalue weighted by atomic mass is 35.5. The van der Waals surface area contributed by atoms with E-state index >= 15 is 0 Å². The number of nitrogens with zero attached hydrogens (tertiary/aromatic N) is 4. The van der Waals surface area contributed by atoms with Gasteiger partial charge in [-0.15, -0.1) is 5.10 Å². The van der Waals surface area contributed by atoms with Crippen LogP contribution in [-0.2, 0) is 22.9 Å². The minimum atomic E-state index is -4.71. The summed E-state index contributed by atoms with van der Waals surface area (Å²) in [5.74, 6) is -1.14. The zero-order valence-electron chi connectivity index (χ0n) is 18.1. The average molecular weight is 542 g/mol. The Bertz CT molecular complexity index is 1120. The van der Waals surface area contributed by atoms with E-state index in [0.717, 1.165) is 32.8 Å². The van der Waals surface area contributed by atoms with Crippen LogP contribution in [0, 0.1) is 0 Å². The highest BCUT2D eigenvalue weighted by Crippen LogP contribution is 2.58. The van der Waals surface area contributed by atoms with Gasteiger partial charge in [0, 0.05) is 19.2 Å². The van der Waals surface area contributed by atoms with Gasteiger partial charge in [-0.05, 0) is 12.8 Å². The summed E-state index contributed by atoms with van der Waals surface area (Å²) in [7, 11) is -7.90. The molecule has 2 aliphatic rings. The fraction of sp³-hybridized carbons (Fsp3) is 0.706. The Labute approximate surface area is 199 Å². The van der Waals surface area contributed by atoms with Crippen LogP contribution in [0.15, 0.2) is 6.07 Å². The van der Waals surface area contributed by atoms with Crippen molar-refractivity contribution in [3.05, 3.63) is 11.2 Å². The Morgan fingerprint density at radius 2 is 1.97 bits per heavy atom. The molecule has 3 heterocycles. The number of anilines is 1. The largest absolute Gasteiger partial charge is 0.387 e. The molecule has 5 atom stereocenters. The third-order valence-corrected chi connectivity index (χ3v) is 9.92. The highest BCUT2D eigenvalue weighted by molar-refractivity contribution is 7.70. The number of halogens is 1. The van der Waals surface area contributed by atoms with Gasteiger partial charge in [0.2, 0.25) is 0 Å². The van der Waals surface area contributed by atoms with Gasteiger partial charge in [0.15, 0.2) is 23.3 Å². The summed E-state index contributed by atoms with van der Waals surface area (Å²) < 4.78 is 40.3. The number of aliphatic hydroxyl groups is 2. The molecule has 1 saturated carbocycles. The van der Waals surface area contributed by atoms with Crippen LogP contribution in [0.5, 0.6) is 0 Å². The van der Waals surface area contributed by atoms with Gasteiger partial charge < -0.3 is 39.1 Å². The first-order valence-electron chi connectivity index (χ1n) is 10.5. The molecule has 0 radical (unpaired) electrons. The molecule has 2 aromatic rings. The fourth-order valence-corrected chi connectivity index (χ4v) is 7.35. The van der Waals surface area contributed by atoms with Gasteiger partial charge in [-0.2, -0.15) is 4.68 Å². The fourth-order valence-electron chi connectivity index (χ4n) is 4.09. The van der Waals surface area contributed by atoms with E-state index < -0.39 is 52.2 Å². The van der Waals surface area contributed by atoms with Gasteiger partial charge in [-0.25, -0.2) is 4.98 Å². The van der Waals surface area contributed by atoms with Crippen molar-refractivity contribution in [3.63, 3.8) is 0 Å². The van der Waals surface area contributed by atoms with Crippen LogP contribution in [0.2, 0.25) is 5.15 Å². The lowest BCUT2D eigenvalue weighted by Gasteiger charge is -2.20. The molecule has 17 heteroatoms. The zero-order valence-corrected chi connectivity index (χ0v) is 20.6. The standard InChI is InChI=1S/C17H26ClN5O9P2/c1-30-34(29,8-33(26,27)28)31-7-11-14(24)15(25)17(32-11)23-16-13(21-22-23)10(6-12(18)20-16)19-9-4-2-3-5-9/h6,9,11,14-15,17,24-25H,2-5,7-8H2,1H3,(H,19,20)(H2,26,27,28)/t11-,14-,15-,17-,34?/m1/s1. The van der Waals surface area contributed by atoms with Crippen molar-refractivity contribution in [1.82, 2.24) is 20.0 Å². The van der Waals surface area contributed by atoms with E-state index in [4.69, 9.17) is 30.6 Å². The number of hydrogen-bond donors (Lipinski definition) is 5. The first kappa shape index (κ1) is 25.9. The van der Waals surface area contributed by atoms with E-state index in [9.17, 15) is 19.3 Å². The van der Waals surface area contributed by atoms with E-state index in [1.54, 1.807) is 6.07 Å². The Hall–Kier alpha value is -1.18. The lowest BCUT2D eigenvalue weighted by atomic mass is 10.1. The van der Waals surface area contributed by atoms with Crippen molar-refractivity contribution >= 4 is 43.6 Å². The van der Waals surface area contributed by atoms with Crippen LogP contribution in [0.25, 0.3) is 11.2 Å². The summed E-state index contributed by atoms with van der Waals surface area (Å²) >= 11 is 6.21. The molecule has 2 fully saturated rings. The molecular weight excluding hydrogens is 516 g/mol. The van der Waals surface area contributed by atoms with Gasteiger partial charge in [0.25, 0.3) is 0 Å². The average Bonchev–Trinajstić information content (AvgIpc) is 3.47. The van der Waals surface area contributed by atoms with Crippen molar-refractivity contribution in [2.75, 3.05) is 24.9 Å². The van der Waals surface area contributed by atoms with Crippen molar-refractivity contribution in [3.8, 4) is 0 Å². The molecule has 0 amide bonds. The number of hydrogen-bond acceptors (Lipinski definition) is 11. The predicted molar refractivity (Wildman–Crippen MR) is 120 cm³/mol. The topological polar surface area (TPSA) is 198 Å². The van der Waals surface area contributed by atoms with Crippen molar-refractivity contribution in [2.24, 2.45) is 0 Å². The second-order valence-corrected chi connectivity index (χ2v) is 13.0. The summed E-state index contributed by atoms with van der Waals surface area (Å²) in [5, 5.41) is 32.8. The maximum Gasteiger partial charge on any atom is 0.342 e. The maximum atomic E-state index is 12.4. The minimum absolute atomic E-state index is 0.169. The predicted octanol–water partition coefficient (Wildman–Crippen LogP) is 1.44. The number of aromatic nitrogens is 4. The monoisotopic (exact) mass is 541 g/mol. The SMILES string of the molecule is COP(=O)(CP(=O)(O)O)OC[C@H]1O[C@@H](n2nnc3c(NC4CCCC4)cc(Cl)nc32)[C@H](O)[C@@H]1O. The molecule has 190 valence electrons. The van der Waals surface area contributed by atoms with Crippen molar-refractivity contribution in [1.29, 1.82) is 0 Å². The molecule has 5 N–H and O–H groups in total. The summed E-state index contributed by atoms with van der Waals surface area (Å²) in [6, 6.07) is 1.91. The number of aliphatic hydroxyl groups excluding tert-OH is 2. The summed E-state index contributed by atoms with van der Waals surface area (Å²) in [4.78, 5) is 22.4. The molecule has 1 aliphatic carbocycles. The molecule has 34 heavy (non-hydrogen) atoms. The van der Waals surface area contributed by atoms with Crippen LogP contribution in [-0.4, -0.2) is 84.0 Å². The highest BCUT2D eigenvalue weighted by Gasteiger charge is 2.46. The molecule has 1 aliphatic heterocycles. The van der Waals surface area contributed by atoms with Crippen molar-refractivity contribution in [2.45, 2.75) is 56.3 Å². The molecule has 14 nitrogen and oxygen atoms in total. The summed E-state index contributed by atoms with van der Waals surface area (Å²) in [6.07, 6.45) is -1.16. The third kappa shape index (κ3) is 5.62. The third-order valence-electron chi connectivity index (χ3n) is 5.77. The van der Waals surface area contributed by atoms with E-state index in [2.05, 4.69) is 25.1 Å². The number of ether oxygens (including phenoxy) is 1. The molecule has 2 aromatic heterocycles. The minimum Gasteiger partial charge on any atom is -0.387 e. The molecule has 1 unspecified atom stereocenters. The van der Waals surface area contributed by atoms with Crippen LogP contribution >= 0.6 is 26.8 Å². The molecule has 0 spiro atoms. The summed E-state index contributed by atoms with van der Waals surface area (Å²) in [5.41, 5.74) is 1.27. The molecule has 4 rings (SSSR count). The van der Waals surface area contributed by atoms with E-state index in [1.807, 2.05) is 0 Å². The molecular formula is C17H26ClN5O9P2. The second kappa shape index (κ2) is 10.1. The quantitative estimate of drug-likeness (QED) is 0.226. The number of pyridine rings is 1. The van der Waals surface area contributed by atoms with Crippen LogP contribution in [0.3, 0.4) is 0 Å². The Morgan fingerprint density at radius 1 is 1.26 bits per heavy atom. The molecule has 0 aromatic carbocycles. The van der Waals surface area contributed by atoms with Gasteiger partial charge >= 0.3 is 15.2 Å². The molecule has 1 saturated heterocycles. The number of rotatable bonds is 9. The van der Waals surface area contributed by atoms with E-state index in [1.165, 1.54) is 4.68 Å². The Morgan fingerprint density at radius 3 is 2.62 bits per heavy atom. The number of nitrogens with one attached hydrogen (secondary N) is 1. The van der Waals surface area contributed by atoms with Crippen LogP contribution in [0.1, 0.15) is 31.9 Å². The molecule has 0 bridgehead atoms. The smallest absolute Gasteiger partial charge is 0.342 e. The van der Waals surface area contributed by atoms with E-state index in [-0.39, 0.29) is 16.8 Å².